The average Bonchev–Trinajstić information content (AvgIpc) is 2.54. The van der Waals surface area contributed by atoms with Crippen LogP contribution >= 0.6 is 0 Å². The van der Waals surface area contributed by atoms with Gasteiger partial charge in [0, 0.05) is 7.05 Å². The minimum atomic E-state index is -0.333. The van der Waals surface area contributed by atoms with Crippen molar-refractivity contribution in [2.24, 2.45) is 7.05 Å². The lowest BCUT2D eigenvalue weighted by molar-refractivity contribution is -0.0747. The molecule has 5 nitrogen and oxygen atoms in total. The van der Waals surface area contributed by atoms with Crippen molar-refractivity contribution in [3.8, 4) is 0 Å². The van der Waals surface area contributed by atoms with Crippen LogP contribution in [-0.2, 0) is 17.3 Å². The highest BCUT2D eigenvalue weighted by Crippen LogP contribution is 2.30. The fourth-order valence-corrected chi connectivity index (χ4v) is 2.19. The van der Waals surface area contributed by atoms with Gasteiger partial charge in [-0.3, -0.25) is 4.57 Å². The maximum atomic E-state index is 11.4. The van der Waals surface area contributed by atoms with Crippen LogP contribution in [0.15, 0.2) is 27.4 Å². The molecule has 1 aliphatic heterocycles. The second-order valence-corrected chi connectivity index (χ2v) is 4.43. The van der Waals surface area contributed by atoms with Crippen LogP contribution in [0.5, 0.6) is 0 Å². The van der Waals surface area contributed by atoms with E-state index in [-0.39, 0.29) is 11.3 Å². The molecule has 0 atom stereocenters. The maximum absolute atomic E-state index is 11.4. The van der Waals surface area contributed by atoms with Crippen molar-refractivity contribution < 1.29 is 9.15 Å². The number of nitrogens with one attached hydrogen (secondary N) is 1. The molecule has 0 bridgehead atoms. The van der Waals surface area contributed by atoms with E-state index in [1.165, 1.54) is 4.57 Å². The van der Waals surface area contributed by atoms with E-state index in [0.29, 0.717) is 18.8 Å². The molecule has 1 aromatic heterocycles. The predicted molar refractivity (Wildman–Crippen MR) is 63.0 cm³/mol. The van der Waals surface area contributed by atoms with Crippen LogP contribution in [0.2, 0.25) is 0 Å². The number of aryl methyl sites for hydroxylation is 1. The number of oxazole rings is 1. The number of fused-ring (bicyclic) bond motifs is 1. The van der Waals surface area contributed by atoms with Crippen LogP contribution < -0.4 is 11.1 Å². The Morgan fingerprint density at radius 2 is 2.18 bits per heavy atom. The van der Waals surface area contributed by atoms with Crippen molar-refractivity contribution in [2.45, 2.75) is 5.54 Å². The number of aromatic nitrogens is 1. The molecular weight excluding hydrogens is 220 g/mol. The van der Waals surface area contributed by atoms with E-state index < -0.39 is 0 Å². The SMILES string of the molecule is CNC1(c2ccc3c(c2)oc(=O)n3C)COC1. The summed E-state index contributed by atoms with van der Waals surface area (Å²) in [6.07, 6.45) is 0. The molecule has 1 fully saturated rings. The lowest BCUT2D eigenvalue weighted by atomic mass is 9.88. The van der Waals surface area contributed by atoms with Crippen molar-refractivity contribution >= 4 is 11.1 Å². The number of ether oxygens (including phenoxy) is 1. The van der Waals surface area contributed by atoms with Gasteiger partial charge < -0.3 is 14.5 Å². The molecule has 0 radical (unpaired) electrons. The lowest BCUT2D eigenvalue weighted by Crippen LogP contribution is -2.56. The highest BCUT2D eigenvalue weighted by Gasteiger charge is 2.39. The van der Waals surface area contributed by atoms with Gasteiger partial charge in [-0.1, -0.05) is 6.07 Å². The third kappa shape index (κ3) is 1.36. The molecule has 1 saturated heterocycles. The zero-order chi connectivity index (χ0) is 12.0. The third-order valence-electron chi connectivity index (χ3n) is 3.52. The zero-order valence-corrected chi connectivity index (χ0v) is 9.82. The van der Waals surface area contributed by atoms with E-state index in [9.17, 15) is 4.79 Å². The largest absolute Gasteiger partial charge is 0.419 e. The molecule has 2 aromatic rings. The zero-order valence-electron chi connectivity index (χ0n) is 9.82. The van der Waals surface area contributed by atoms with Crippen LogP contribution in [0, 0.1) is 0 Å². The Morgan fingerprint density at radius 1 is 1.41 bits per heavy atom. The summed E-state index contributed by atoms with van der Waals surface area (Å²) in [5.41, 5.74) is 2.39. The van der Waals surface area contributed by atoms with Gasteiger partial charge in [0.05, 0.1) is 24.3 Å². The molecule has 17 heavy (non-hydrogen) atoms. The van der Waals surface area contributed by atoms with Gasteiger partial charge >= 0.3 is 5.76 Å². The van der Waals surface area contributed by atoms with Gasteiger partial charge in [0.2, 0.25) is 0 Å². The maximum Gasteiger partial charge on any atom is 0.419 e. The minimum Gasteiger partial charge on any atom is -0.408 e. The van der Waals surface area contributed by atoms with Crippen molar-refractivity contribution in [3.63, 3.8) is 0 Å². The Morgan fingerprint density at radius 3 is 2.76 bits per heavy atom. The molecule has 1 aliphatic rings. The minimum absolute atomic E-state index is 0.136. The summed E-state index contributed by atoms with van der Waals surface area (Å²) < 4.78 is 12.0. The third-order valence-corrected chi connectivity index (χ3v) is 3.52. The summed E-state index contributed by atoms with van der Waals surface area (Å²) in [4.78, 5) is 11.4. The van der Waals surface area contributed by atoms with Gasteiger partial charge in [-0.15, -0.1) is 0 Å². The molecule has 0 saturated carbocycles. The number of nitrogens with zero attached hydrogens (tertiary/aromatic N) is 1. The van der Waals surface area contributed by atoms with Crippen LogP contribution in [-0.4, -0.2) is 24.8 Å². The predicted octanol–water partition coefficient (Wildman–Crippen LogP) is 0.576. The van der Waals surface area contributed by atoms with E-state index in [0.717, 1.165) is 11.1 Å². The topological polar surface area (TPSA) is 56.4 Å². The number of likely N-dealkylation sites (N-methyl/N-ethyl adjacent to an activating group) is 1. The summed E-state index contributed by atoms with van der Waals surface area (Å²) >= 11 is 0. The second-order valence-electron chi connectivity index (χ2n) is 4.43. The quantitative estimate of drug-likeness (QED) is 0.825. The van der Waals surface area contributed by atoms with Crippen LogP contribution in [0.4, 0.5) is 0 Å². The number of rotatable bonds is 2. The molecule has 0 amide bonds. The first-order valence-electron chi connectivity index (χ1n) is 5.53. The van der Waals surface area contributed by atoms with Crippen LogP contribution in [0.3, 0.4) is 0 Å². The Balaban J connectivity index is 2.17. The summed E-state index contributed by atoms with van der Waals surface area (Å²) in [5, 5.41) is 3.27. The van der Waals surface area contributed by atoms with E-state index in [1.807, 2.05) is 25.2 Å². The van der Waals surface area contributed by atoms with Crippen LogP contribution in [0.25, 0.3) is 11.1 Å². The van der Waals surface area contributed by atoms with E-state index in [4.69, 9.17) is 9.15 Å². The van der Waals surface area contributed by atoms with E-state index in [2.05, 4.69) is 5.32 Å². The number of hydrogen-bond donors (Lipinski definition) is 1. The first-order valence-corrected chi connectivity index (χ1v) is 5.53. The molecule has 1 aromatic carbocycles. The summed E-state index contributed by atoms with van der Waals surface area (Å²) in [5.74, 6) is -0.333. The monoisotopic (exact) mass is 234 g/mol. The molecule has 3 rings (SSSR count). The highest BCUT2D eigenvalue weighted by atomic mass is 16.5. The van der Waals surface area contributed by atoms with Gasteiger partial charge in [0.15, 0.2) is 5.58 Å². The molecule has 2 heterocycles. The summed E-state index contributed by atoms with van der Waals surface area (Å²) in [6, 6.07) is 5.83. The first kappa shape index (κ1) is 10.6. The molecule has 0 aliphatic carbocycles. The lowest BCUT2D eigenvalue weighted by Gasteiger charge is -2.41. The smallest absolute Gasteiger partial charge is 0.408 e. The molecule has 90 valence electrons. The molecule has 0 spiro atoms. The molecule has 5 heteroatoms. The number of hydrogen-bond acceptors (Lipinski definition) is 4. The number of benzene rings is 1. The Bertz CT molecular complexity index is 617. The normalized spacial score (nSPS) is 18.2. The Labute approximate surface area is 98.0 Å². The van der Waals surface area contributed by atoms with Crippen molar-refractivity contribution in [2.75, 3.05) is 20.3 Å². The van der Waals surface area contributed by atoms with Crippen molar-refractivity contribution in [1.82, 2.24) is 9.88 Å². The fraction of sp³-hybridized carbons (Fsp3) is 0.417. The Kier molecular flexibility index (Phi) is 2.14. The fourth-order valence-electron chi connectivity index (χ4n) is 2.19. The van der Waals surface area contributed by atoms with Gasteiger partial charge in [-0.25, -0.2) is 4.79 Å². The molecular formula is C12H14N2O3. The van der Waals surface area contributed by atoms with E-state index >= 15 is 0 Å². The standard InChI is InChI=1S/C12H14N2O3/c1-13-12(6-16-7-12)8-3-4-9-10(5-8)17-11(15)14(9)2/h3-5,13H,6-7H2,1-2H3. The summed E-state index contributed by atoms with van der Waals surface area (Å²) in [7, 11) is 3.61. The second kappa shape index (κ2) is 3.45. The van der Waals surface area contributed by atoms with Crippen molar-refractivity contribution in [1.29, 1.82) is 0 Å². The summed E-state index contributed by atoms with van der Waals surface area (Å²) in [6.45, 7) is 1.29. The molecule has 0 unspecified atom stereocenters. The van der Waals surface area contributed by atoms with Gasteiger partial charge in [0.25, 0.3) is 0 Å². The molecule has 1 N–H and O–H groups in total. The first-order chi connectivity index (χ1) is 8.16. The van der Waals surface area contributed by atoms with Gasteiger partial charge in [0.1, 0.15) is 0 Å². The van der Waals surface area contributed by atoms with E-state index in [1.54, 1.807) is 7.05 Å². The Hall–Kier alpha value is -1.59. The van der Waals surface area contributed by atoms with Gasteiger partial charge in [-0.2, -0.15) is 0 Å². The highest BCUT2D eigenvalue weighted by molar-refractivity contribution is 5.74. The van der Waals surface area contributed by atoms with Crippen LogP contribution in [0.1, 0.15) is 5.56 Å². The van der Waals surface area contributed by atoms with Gasteiger partial charge in [-0.05, 0) is 24.7 Å². The van der Waals surface area contributed by atoms with Crippen molar-refractivity contribution in [3.05, 3.63) is 34.3 Å². The average molecular weight is 234 g/mol.